The molecule has 0 aliphatic carbocycles. The molecule has 1 aromatic rings. The standard InChI is InChI=1S/C8H8ClNS2.C6H15N/c1-5-4-6(9)2-3-7(5)10-8(11)12;1-4-7(5-2)6-3/h2-4H,1H3,(H2,10,11,12);4-6H2,1-3H3. The Bertz CT molecular complexity index is 388. The molecule has 0 saturated heterocycles. The van der Waals surface area contributed by atoms with E-state index in [0.717, 1.165) is 11.3 Å². The first-order valence-electron chi connectivity index (χ1n) is 6.52. The molecule has 0 aromatic heterocycles. The monoisotopic (exact) mass is 318 g/mol. The number of hydrogen-bond donors (Lipinski definition) is 2. The Kier molecular flexibility index (Phi) is 10.1. The minimum atomic E-state index is 0.348. The number of rotatable bonds is 4. The van der Waals surface area contributed by atoms with Gasteiger partial charge in [-0.1, -0.05) is 15.9 Å². The summed E-state index contributed by atoms with van der Waals surface area (Å²) in [6, 6.07) is 5.51. The van der Waals surface area contributed by atoms with Crippen LogP contribution in [0.4, 0.5) is 5.69 Å². The van der Waals surface area contributed by atoms with E-state index in [2.05, 4.69) is 26.1 Å². The van der Waals surface area contributed by atoms with Gasteiger partial charge in [-0.2, -0.15) is 0 Å². The van der Waals surface area contributed by atoms with E-state index >= 15 is 0 Å². The van der Waals surface area contributed by atoms with Gasteiger partial charge in [-0.15, -0.1) is 0 Å². The summed E-state index contributed by atoms with van der Waals surface area (Å²) in [5.74, 6) is 0. The molecule has 0 aliphatic heterocycles. The molecule has 0 radical (unpaired) electrons. The summed E-state index contributed by atoms with van der Waals surface area (Å²) in [7, 11) is 0. The number of benzene rings is 1. The number of quaternary nitrogens is 1. The Morgan fingerprint density at radius 1 is 1.26 bits per heavy atom. The lowest BCUT2D eigenvalue weighted by atomic mass is 10.2. The van der Waals surface area contributed by atoms with Crippen molar-refractivity contribution in [1.29, 1.82) is 0 Å². The average molecular weight is 319 g/mol. The molecule has 0 spiro atoms. The first kappa shape index (κ1) is 18.6. The highest BCUT2D eigenvalue weighted by atomic mass is 35.5. The van der Waals surface area contributed by atoms with Gasteiger partial charge in [-0.05, 0) is 51.5 Å². The maximum Gasteiger partial charge on any atom is 0.0742 e. The van der Waals surface area contributed by atoms with Crippen molar-refractivity contribution in [1.82, 2.24) is 0 Å². The number of hydrogen-bond acceptors (Lipinski definition) is 2. The van der Waals surface area contributed by atoms with Crippen LogP contribution in [0.3, 0.4) is 0 Å². The maximum atomic E-state index is 5.77. The summed E-state index contributed by atoms with van der Waals surface area (Å²) >= 11 is 15.2. The molecule has 1 rings (SSSR count). The van der Waals surface area contributed by atoms with E-state index in [1.165, 1.54) is 19.6 Å². The molecule has 0 fully saturated rings. The van der Waals surface area contributed by atoms with Gasteiger partial charge in [-0.25, -0.2) is 0 Å². The molecule has 5 heteroatoms. The molecule has 1 aromatic carbocycles. The van der Waals surface area contributed by atoms with E-state index in [-0.39, 0.29) is 0 Å². The third kappa shape index (κ3) is 8.37. The molecule has 0 aliphatic rings. The van der Waals surface area contributed by atoms with Crippen LogP contribution in [0.5, 0.6) is 0 Å². The lowest BCUT2D eigenvalue weighted by Gasteiger charge is -2.12. The smallest absolute Gasteiger partial charge is 0.0742 e. The molecule has 0 bridgehead atoms. The molecule has 0 heterocycles. The summed E-state index contributed by atoms with van der Waals surface area (Å²) in [4.78, 5) is 1.68. The van der Waals surface area contributed by atoms with Crippen LogP contribution in [-0.4, -0.2) is 24.0 Å². The summed E-state index contributed by atoms with van der Waals surface area (Å²) in [6.07, 6.45) is 0. The zero-order valence-electron chi connectivity index (χ0n) is 12.0. The van der Waals surface area contributed by atoms with Gasteiger partial charge in [0.05, 0.1) is 19.6 Å². The Balaban J connectivity index is 0.000000399. The zero-order chi connectivity index (χ0) is 14.8. The third-order valence-electron chi connectivity index (χ3n) is 2.93. The molecule has 0 saturated carbocycles. The predicted octanol–water partition coefficient (Wildman–Crippen LogP) is 2.82. The zero-order valence-corrected chi connectivity index (χ0v) is 14.4. The van der Waals surface area contributed by atoms with Crippen molar-refractivity contribution in [2.45, 2.75) is 27.7 Å². The average Bonchev–Trinajstić information content (AvgIpc) is 2.35. The molecular weight excluding hydrogens is 296 g/mol. The van der Waals surface area contributed by atoms with Crippen LogP contribution in [0, 0.1) is 6.92 Å². The predicted molar refractivity (Wildman–Crippen MR) is 92.4 cm³/mol. The Labute approximate surface area is 132 Å². The largest absolute Gasteiger partial charge is 0.411 e. The quantitative estimate of drug-likeness (QED) is 0.656. The van der Waals surface area contributed by atoms with Crippen molar-refractivity contribution in [2.75, 3.05) is 25.0 Å². The second kappa shape index (κ2) is 10.4. The lowest BCUT2D eigenvalue weighted by molar-refractivity contribution is -0.894. The minimum absolute atomic E-state index is 0.348. The van der Waals surface area contributed by atoms with Gasteiger partial charge >= 0.3 is 0 Å². The van der Waals surface area contributed by atoms with Gasteiger partial charge in [0.15, 0.2) is 0 Å². The fraction of sp³-hybridized carbons (Fsp3) is 0.500. The minimum Gasteiger partial charge on any atom is -0.411 e. The van der Waals surface area contributed by atoms with Crippen LogP contribution in [0.1, 0.15) is 26.3 Å². The van der Waals surface area contributed by atoms with E-state index in [0.29, 0.717) is 9.34 Å². The lowest BCUT2D eigenvalue weighted by Crippen LogP contribution is -3.11. The second-order valence-electron chi connectivity index (χ2n) is 4.18. The Morgan fingerprint density at radius 3 is 2.11 bits per heavy atom. The van der Waals surface area contributed by atoms with E-state index in [1.807, 2.05) is 19.1 Å². The fourth-order valence-electron chi connectivity index (χ4n) is 1.63. The van der Waals surface area contributed by atoms with E-state index in [4.69, 9.17) is 36.4 Å². The number of thiocarbonyl (C=S) groups is 1. The summed E-state index contributed by atoms with van der Waals surface area (Å²) in [5.41, 5.74) is 1.95. The maximum absolute atomic E-state index is 5.77. The van der Waals surface area contributed by atoms with E-state index in [1.54, 1.807) is 11.0 Å². The summed E-state index contributed by atoms with van der Waals surface area (Å²) in [5, 5.41) is 3.60. The van der Waals surface area contributed by atoms with Gasteiger partial charge in [-0.3, -0.25) is 0 Å². The van der Waals surface area contributed by atoms with Crippen molar-refractivity contribution in [3.05, 3.63) is 28.8 Å². The van der Waals surface area contributed by atoms with Crippen LogP contribution in [0.25, 0.3) is 0 Å². The molecular formula is C14H23ClN2S2. The van der Waals surface area contributed by atoms with Crippen LogP contribution in [0.2, 0.25) is 5.02 Å². The number of nitrogens with one attached hydrogen (secondary N) is 2. The Hall–Kier alpha value is -0.420. The highest BCUT2D eigenvalue weighted by Gasteiger charge is 1.96. The van der Waals surface area contributed by atoms with Crippen LogP contribution in [-0.2, 0) is 12.6 Å². The van der Waals surface area contributed by atoms with Crippen LogP contribution >= 0.6 is 23.8 Å². The highest BCUT2D eigenvalue weighted by molar-refractivity contribution is 8.00. The van der Waals surface area contributed by atoms with Gasteiger partial charge < -0.3 is 35.1 Å². The van der Waals surface area contributed by atoms with Crippen LogP contribution in [0.15, 0.2) is 18.2 Å². The van der Waals surface area contributed by atoms with Crippen molar-refractivity contribution in [2.24, 2.45) is 0 Å². The van der Waals surface area contributed by atoms with Gasteiger partial charge in [0, 0.05) is 10.7 Å². The molecule has 2 nitrogen and oxygen atoms in total. The van der Waals surface area contributed by atoms with Gasteiger partial charge in [0.1, 0.15) is 0 Å². The van der Waals surface area contributed by atoms with Crippen LogP contribution < -0.4 is 10.2 Å². The number of anilines is 1. The van der Waals surface area contributed by atoms with E-state index < -0.39 is 0 Å². The first-order valence-corrected chi connectivity index (χ1v) is 7.71. The molecule has 0 amide bonds. The Morgan fingerprint density at radius 2 is 1.79 bits per heavy atom. The first-order chi connectivity index (χ1) is 8.94. The molecule has 19 heavy (non-hydrogen) atoms. The number of aryl methyl sites for hydroxylation is 1. The second-order valence-corrected chi connectivity index (χ2v) is 5.69. The molecule has 0 atom stereocenters. The van der Waals surface area contributed by atoms with Crippen molar-refractivity contribution >= 4 is 46.5 Å². The molecule has 108 valence electrons. The molecule has 2 N–H and O–H groups in total. The van der Waals surface area contributed by atoms with Crippen molar-refractivity contribution < 1.29 is 4.90 Å². The van der Waals surface area contributed by atoms with Crippen molar-refractivity contribution in [3.8, 4) is 0 Å². The number of halogens is 1. The highest BCUT2D eigenvalue weighted by Crippen LogP contribution is 2.19. The van der Waals surface area contributed by atoms with E-state index in [9.17, 15) is 0 Å². The summed E-state index contributed by atoms with van der Waals surface area (Å²) < 4.78 is 0.348. The summed E-state index contributed by atoms with van der Waals surface area (Å²) in [6.45, 7) is 12.4. The topological polar surface area (TPSA) is 16.5 Å². The fourth-order valence-corrected chi connectivity index (χ4v) is 2.07. The van der Waals surface area contributed by atoms with Gasteiger partial charge in [0.25, 0.3) is 0 Å². The normalized spacial score (nSPS) is 9.79. The van der Waals surface area contributed by atoms with Crippen molar-refractivity contribution in [3.63, 3.8) is 0 Å². The third-order valence-corrected chi connectivity index (χ3v) is 3.36. The van der Waals surface area contributed by atoms with Gasteiger partial charge in [0.2, 0.25) is 0 Å². The molecule has 0 unspecified atom stereocenters. The SMILES string of the molecule is CC[NH+](CC)CC.Cc1cc(Cl)ccc1NC(=S)[S-].